The van der Waals surface area contributed by atoms with Gasteiger partial charge in [-0.1, -0.05) is 54.6 Å². The van der Waals surface area contributed by atoms with E-state index in [4.69, 9.17) is 10.2 Å². The molecule has 7 nitrogen and oxygen atoms in total. The lowest BCUT2D eigenvalue weighted by Gasteiger charge is -2.20. The minimum absolute atomic E-state index is 0.0313. The van der Waals surface area contributed by atoms with E-state index in [0.717, 1.165) is 28.0 Å². The van der Waals surface area contributed by atoms with Crippen molar-refractivity contribution in [1.82, 2.24) is 5.32 Å². The molecule has 0 aliphatic rings. The fraction of sp³-hybridized carbons (Fsp3) is 0.174. The molecule has 0 radical (unpaired) electrons. The van der Waals surface area contributed by atoms with Crippen LogP contribution in [0.3, 0.4) is 0 Å². The molecule has 8 heteroatoms. The lowest BCUT2D eigenvalue weighted by Crippen LogP contribution is -2.40. The number of aliphatic hydroxyl groups is 1. The van der Waals surface area contributed by atoms with E-state index >= 15 is 0 Å². The quantitative estimate of drug-likeness (QED) is 0.406. The van der Waals surface area contributed by atoms with Crippen LogP contribution >= 0.6 is 11.3 Å². The molecule has 0 saturated heterocycles. The van der Waals surface area contributed by atoms with Crippen LogP contribution in [0.5, 0.6) is 0 Å². The molecule has 2 aromatic carbocycles. The van der Waals surface area contributed by atoms with Crippen LogP contribution in [0.2, 0.25) is 0 Å². The van der Waals surface area contributed by atoms with Crippen LogP contribution in [0.4, 0.5) is 0 Å². The number of carbonyl (C=O) groups excluding carboxylic acids is 1. The maximum absolute atomic E-state index is 12.5. The fourth-order valence-corrected chi connectivity index (χ4v) is 3.89. The smallest absolute Gasteiger partial charge is 0.345 e. The number of amides is 1. The van der Waals surface area contributed by atoms with Gasteiger partial charge in [0.05, 0.1) is 4.88 Å². The van der Waals surface area contributed by atoms with E-state index in [9.17, 15) is 19.5 Å². The number of nitrogens with one attached hydrogen (secondary N) is 1. The number of aromatic carboxylic acids is 1. The van der Waals surface area contributed by atoms with Crippen LogP contribution in [-0.2, 0) is 11.2 Å². The molecule has 3 rings (SSSR count). The van der Waals surface area contributed by atoms with Crippen molar-refractivity contribution in [3.63, 3.8) is 0 Å². The molecule has 0 fully saturated rings. The first kappa shape index (κ1) is 22.2. The highest BCUT2D eigenvalue weighted by Gasteiger charge is 2.23. The molecule has 2 unspecified atom stereocenters. The summed E-state index contributed by atoms with van der Waals surface area (Å²) in [5.41, 5.74) is 2.95. The third-order valence-electron chi connectivity index (χ3n) is 4.71. The average molecular weight is 439 g/mol. The predicted octanol–water partition coefficient (Wildman–Crippen LogP) is 3.29. The summed E-state index contributed by atoms with van der Waals surface area (Å²) in [6.07, 6.45) is -1.51. The first-order valence-electron chi connectivity index (χ1n) is 9.52. The number of carboxylic acids is 2. The van der Waals surface area contributed by atoms with Crippen molar-refractivity contribution in [1.29, 1.82) is 0 Å². The number of rotatable bonds is 9. The highest BCUT2D eigenvalue weighted by molar-refractivity contribution is 7.15. The zero-order valence-electron chi connectivity index (χ0n) is 16.4. The van der Waals surface area contributed by atoms with Crippen molar-refractivity contribution >= 4 is 29.2 Å². The van der Waals surface area contributed by atoms with Crippen molar-refractivity contribution in [3.05, 3.63) is 82.0 Å². The van der Waals surface area contributed by atoms with Crippen LogP contribution in [0.1, 0.15) is 31.3 Å². The summed E-state index contributed by atoms with van der Waals surface area (Å²) in [6.45, 7) is 0. The maximum atomic E-state index is 12.5. The number of aliphatic carboxylic acids is 1. The van der Waals surface area contributed by atoms with Gasteiger partial charge in [0.2, 0.25) is 0 Å². The van der Waals surface area contributed by atoms with Gasteiger partial charge in [-0.15, -0.1) is 11.3 Å². The number of carbonyl (C=O) groups is 3. The molecule has 0 saturated carbocycles. The zero-order chi connectivity index (χ0) is 22.4. The Morgan fingerprint density at radius 2 is 1.45 bits per heavy atom. The molecule has 1 amide bonds. The molecule has 31 heavy (non-hydrogen) atoms. The van der Waals surface area contributed by atoms with E-state index in [0.29, 0.717) is 6.42 Å². The summed E-state index contributed by atoms with van der Waals surface area (Å²) in [6, 6.07) is 19.6. The number of aliphatic hydroxyl groups excluding tert-OH is 1. The van der Waals surface area contributed by atoms with Crippen molar-refractivity contribution in [2.24, 2.45) is 0 Å². The number of hydrogen-bond donors (Lipinski definition) is 4. The lowest BCUT2D eigenvalue weighted by atomic mass is 9.98. The van der Waals surface area contributed by atoms with E-state index < -0.39 is 30.0 Å². The van der Waals surface area contributed by atoms with Crippen molar-refractivity contribution < 1.29 is 29.7 Å². The molecular weight excluding hydrogens is 418 g/mol. The Morgan fingerprint density at radius 1 is 0.839 bits per heavy atom. The molecule has 0 spiro atoms. The van der Waals surface area contributed by atoms with Gasteiger partial charge in [-0.05, 0) is 35.2 Å². The largest absolute Gasteiger partial charge is 0.479 e. The normalized spacial score (nSPS) is 12.7. The van der Waals surface area contributed by atoms with Gasteiger partial charge in [-0.3, -0.25) is 4.79 Å². The molecule has 1 heterocycles. The molecule has 1 aromatic heterocycles. The monoisotopic (exact) mass is 439 g/mol. The molecule has 0 aliphatic carbocycles. The summed E-state index contributed by atoms with van der Waals surface area (Å²) < 4.78 is 0. The standard InChI is InChI=1S/C23H21NO6S/c25-18(22(27)28)13-17(24-21(26)19-10-11-20(31-19)23(29)30)12-14-6-8-16(9-7-14)15-4-2-1-3-5-15/h1-11,17-18,25H,12-13H2,(H,24,26)(H,27,28)(H,29,30). The van der Waals surface area contributed by atoms with Crippen LogP contribution < -0.4 is 5.32 Å². The molecule has 160 valence electrons. The first-order chi connectivity index (χ1) is 14.8. The Labute approximate surface area is 182 Å². The summed E-state index contributed by atoms with van der Waals surface area (Å²) in [7, 11) is 0. The van der Waals surface area contributed by atoms with Gasteiger partial charge in [0.15, 0.2) is 6.10 Å². The second-order valence-corrected chi connectivity index (χ2v) is 8.08. The summed E-state index contributed by atoms with van der Waals surface area (Å²) in [5.74, 6) is -3.01. The minimum Gasteiger partial charge on any atom is -0.479 e. The lowest BCUT2D eigenvalue weighted by molar-refractivity contribution is -0.147. The first-order valence-corrected chi connectivity index (χ1v) is 10.3. The summed E-state index contributed by atoms with van der Waals surface area (Å²) >= 11 is 0.832. The minimum atomic E-state index is -1.63. The fourth-order valence-electron chi connectivity index (χ4n) is 3.14. The van der Waals surface area contributed by atoms with Crippen LogP contribution in [0.15, 0.2) is 66.7 Å². The highest BCUT2D eigenvalue weighted by atomic mass is 32.1. The van der Waals surface area contributed by atoms with E-state index in [-0.39, 0.29) is 16.2 Å². The Bertz CT molecular complexity index is 1060. The van der Waals surface area contributed by atoms with Crippen molar-refractivity contribution in [2.75, 3.05) is 0 Å². The van der Waals surface area contributed by atoms with Gasteiger partial charge in [0.25, 0.3) is 5.91 Å². The Kier molecular flexibility index (Phi) is 7.17. The second-order valence-electron chi connectivity index (χ2n) is 7.00. The zero-order valence-corrected chi connectivity index (χ0v) is 17.2. The third kappa shape index (κ3) is 6.00. The molecule has 4 N–H and O–H groups in total. The number of thiophene rings is 1. The van der Waals surface area contributed by atoms with Gasteiger partial charge >= 0.3 is 11.9 Å². The Morgan fingerprint density at radius 3 is 2.03 bits per heavy atom. The molecule has 0 aliphatic heterocycles. The number of carboxylic acid groups (broad SMARTS) is 2. The van der Waals surface area contributed by atoms with Gasteiger partial charge in [-0.2, -0.15) is 0 Å². The molecule has 3 aromatic rings. The topological polar surface area (TPSA) is 124 Å². The highest BCUT2D eigenvalue weighted by Crippen LogP contribution is 2.21. The van der Waals surface area contributed by atoms with E-state index in [1.54, 1.807) is 0 Å². The summed E-state index contributed by atoms with van der Waals surface area (Å²) in [4.78, 5) is 34.9. The maximum Gasteiger partial charge on any atom is 0.345 e. The molecular formula is C23H21NO6S. The average Bonchev–Trinajstić information content (AvgIpc) is 3.25. The van der Waals surface area contributed by atoms with E-state index in [1.807, 2.05) is 54.6 Å². The number of hydrogen-bond acceptors (Lipinski definition) is 5. The van der Waals surface area contributed by atoms with Crippen LogP contribution in [0, 0.1) is 0 Å². The Balaban J connectivity index is 1.74. The second kappa shape index (κ2) is 10.0. The third-order valence-corrected chi connectivity index (χ3v) is 5.78. The van der Waals surface area contributed by atoms with Crippen molar-refractivity contribution in [3.8, 4) is 11.1 Å². The van der Waals surface area contributed by atoms with E-state index in [2.05, 4.69) is 5.32 Å². The van der Waals surface area contributed by atoms with Crippen molar-refractivity contribution in [2.45, 2.75) is 25.0 Å². The van der Waals surface area contributed by atoms with Gasteiger partial charge in [-0.25, -0.2) is 9.59 Å². The van der Waals surface area contributed by atoms with Crippen LogP contribution in [0.25, 0.3) is 11.1 Å². The molecule has 0 bridgehead atoms. The molecule has 2 atom stereocenters. The number of benzene rings is 2. The van der Waals surface area contributed by atoms with Gasteiger partial charge in [0.1, 0.15) is 4.88 Å². The Hall–Kier alpha value is -3.49. The van der Waals surface area contributed by atoms with Crippen LogP contribution in [-0.4, -0.2) is 45.3 Å². The van der Waals surface area contributed by atoms with E-state index in [1.165, 1.54) is 12.1 Å². The summed E-state index contributed by atoms with van der Waals surface area (Å²) in [5, 5.41) is 30.6. The van der Waals surface area contributed by atoms with Gasteiger partial charge < -0.3 is 20.6 Å². The van der Waals surface area contributed by atoms with Gasteiger partial charge in [0, 0.05) is 12.5 Å². The predicted molar refractivity (Wildman–Crippen MR) is 116 cm³/mol. The SMILES string of the molecule is O=C(O)c1ccc(C(=O)NC(Cc2ccc(-c3ccccc3)cc2)CC(O)C(=O)O)s1.